The van der Waals surface area contributed by atoms with E-state index in [0.717, 1.165) is 13.2 Å². The number of hydrogen-bond donors (Lipinski definition) is 1. The Morgan fingerprint density at radius 3 is 2.00 bits per heavy atom. The first kappa shape index (κ1) is 19.3. The summed E-state index contributed by atoms with van der Waals surface area (Å²) in [7, 11) is 0. The highest BCUT2D eigenvalue weighted by Crippen LogP contribution is 2.09. The van der Waals surface area contributed by atoms with Crippen molar-refractivity contribution in [2.75, 3.05) is 13.2 Å². The van der Waals surface area contributed by atoms with Crippen LogP contribution in [0, 0.1) is 0 Å². The van der Waals surface area contributed by atoms with Crippen molar-refractivity contribution in [2.24, 2.45) is 0 Å². The van der Waals surface area contributed by atoms with E-state index in [1.54, 1.807) is 0 Å². The summed E-state index contributed by atoms with van der Waals surface area (Å²) < 4.78 is 4.96. The quantitative estimate of drug-likeness (QED) is 0.747. The predicted molar refractivity (Wildman–Crippen MR) is 79.9 cm³/mol. The van der Waals surface area contributed by atoms with Crippen molar-refractivity contribution in [1.82, 2.24) is 10.2 Å². The van der Waals surface area contributed by atoms with E-state index in [9.17, 15) is 0 Å². The van der Waals surface area contributed by atoms with Crippen molar-refractivity contribution in [2.45, 2.75) is 54.4 Å². The van der Waals surface area contributed by atoms with E-state index in [1.165, 1.54) is 11.1 Å². The SMILES string of the molecule is CC.CC.CC(C)c1cn[nH]c1.CC1=CCOC1. The van der Waals surface area contributed by atoms with Crippen LogP contribution < -0.4 is 0 Å². The molecule has 0 bridgehead atoms. The Bertz CT molecular complexity index is 277. The molecule has 1 aromatic rings. The molecule has 2 heterocycles. The lowest BCUT2D eigenvalue weighted by Crippen LogP contribution is -1.80. The molecule has 0 spiro atoms. The van der Waals surface area contributed by atoms with Gasteiger partial charge in [0, 0.05) is 6.20 Å². The number of nitrogens with zero attached hydrogens (tertiary/aromatic N) is 1. The third kappa shape index (κ3) is 10.1. The Balaban J connectivity index is 0. The molecule has 0 aromatic carbocycles. The zero-order chi connectivity index (χ0) is 14.4. The molecule has 0 radical (unpaired) electrons. The summed E-state index contributed by atoms with van der Waals surface area (Å²) in [4.78, 5) is 0. The minimum absolute atomic E-state index is 0.591. The lowest BCUT2D eigenvalue weighted by Gasteiger charge is -1.94. The summed E-state index contributed by atoms with van der Waals surface area (Å²) in [5, 5.41) is 6.58. The topological polar surface area (TPSA) is 37.9 Å². The minimum Gasteiger partial charge on any atom is -0.373 e. The van der Waals surface area contributed by atoms with Gasteiger partial charge in [-0.1, -0.05) is 47.6 Å². The van der Waals surface area contributed by atoms with E-state index >= 15 is 0 Å². The van der Waals surface area contributed by atoms with Gasteiger partial charge in [-0.15, -0.1) is 0 Å². The lowest BCUT2D eigenvalue weighted by molar-refractivity contribution is 0.208. The zero-order valence-electron chi connectivity index (χ0n) is 13.1. The molecule has 106 valence electrons. The average molecular weight is 254 g/mol. The summed E-state index contributed by atoms with van der Waals surface area (Å²) in [5.41, 5.74) is 2.62. The molecule has 3 nitrogen and oxygen atoms in total. The van der Waals surface area contributed by atoms with Crippen LogP contribution in [0.1, 0.15) is 59.9 Å². The maximum absolute atomic E-state index is 4.96. The summed E-state index contributed by atoms with van der Waals surface area (Å²) in [6.07, 6.45) is 5.87. The molecule has 0 aliphatic carbocycles. The van der Waals surface area contributed by atoms with Crippen LogP contribution in [0.4, 0.5) is 0 Å². The van der Waals surface area contributed by atoms with Crippen molar-refractivity contribution in [3.8, 4) is 0 Å². The van der Waals surface area contributed by atoms with Crippen LogP contribution in [-0.2, 0) is 4.74 Å². The monoisotopic (exact) mass is 254 g/mol. The van der Waals surface area contributed by atoms with Crippen LogP contribution >= 0.6 is 0 Å². The summed E-state index contributed by atoms with van der Waals surface area (Å²) in [6.45, 7) is 16.0. The molecule has 3 heteroatoms. The minimum atomic E-state index is 0.591. The van der Waals surface area contributed by atoms with Gasteiger partial charge < -0.3 is 4.74 Å². The zero-order valence-corrected chi connectivity index (χ0v) is 13.1. The number of aromatic nitrogens is 2. The standard InChI is InChI=1S/C6H10N2.C5H8O.2C2H6/c1-5(2)6-3-7-8-4-6;1-5-2-3-6-4-5;2*1-2/h3-5H,1-2H3,(H,7,8);2H,3-4H2,1H3;2*1-2H3. The Morgan fingerprint density at radius 2 is 1.83 bits per heavy atom. The lowest BCUT2D eigenvalue weighted by atomic mass is 10.1. The first-order chi connectivity index (χ1) is 8.70. The van der Waals surface area contributed by atoms with Gasteiger partial charge in [0.25, 0.3) is 0 Å². The molecular weight excluding hydrogens is 224 g/mol. The normalized spacial score (nSPS) is 12.3. The van der Waals surface area contributed by atoms with Crippen LogP contribution in [0.25, 0.3) is 0 Å². The highest BCUT2D eigenvalue weighted by molar-refractivity contribution is 5.06. The molecule has 0 fully saturated rings. The fraction of sp³-hybridized carbons (Fsp3) is 0.667. The molecular formula is C15H30N2O. The van der Waals surface area contributed by atoms with Gasteiger partial charge in [-0.05, 0) is 24.0 Å². The van der Waals surface area contributed by atoms with Crippen molar-refractivity contribution in [3.63, 3.8) is 0 Å². The molecule has 0 atom stereocenters. The summed E-state index contributed by atoms with van der Waals surface area (Å²) >= 11 is 0. The molecule has 1 N–H and O–H groups in total. The summed E-state index contributed by atoms with van der Waals surface area (Å²) in [6, 6.07) is 0. The van der Waals surface area contributed by atoms with E-state index in [-0.39, 0.29) is 0 Å². The third-order valence-electron chi connectivity index (χ3n) is 2.07. The smallest absolute Gasteiger partial charge is 0.0679 e. The fourth-order valence-corrected chi connectivity index (χ4v) is 1.06. The molecule has 0 amide bonds. The predicted octanol–water partition coefficient (Wildman–Crippen LogP) is 4.55. The van der Waals surface area contributed by atoms with Gasteiger partial charge in [0.2, 0.25) is 0 Å². The largest absolute Gasteiger partial charge is 0.373 e. The highest BCUT2D eigenvalue weighted by atomic mass is 16.5. The second-order valence-electron chi connectivity index (χ2n) is 3.75. The molecule has 2 rings (SSSR count). The Morgan fingerprint density at radius 1 is 1.22 bits per heavy atom. The fourth-order valence-electron chi connectivity index (χ4n) is 1.06. The van der Waals surface area contributed by atoms with Gasteiger partial charge in [0.15, 0.2) is 0 Å². The van der Waals surface area contributed by atoms with Crippen molar-refractivity contribution in [3.05, 3.63) is 29.6 Å². The Kier molecular flexibility index (Phi) is 14.9. The second kappa shape index (κ2) is 14.0. The number of rotatable bonds is 1. The number of ether oxygens (including phenoxy) is 1. The van der Waals surface area contributed by atoms with Crippen molar-refractivity contribution in [1.29, 1.82) is 0 Å². The average Bonchev–Trinajstić information content (AvgIpc) is 3.07. The van der Waals surface area contributed by atoms with Gasteiger partial charge >= 0.3 is 0 Å². The van der Waals surface area contributed by atoms with Gasteiger partial charge in [-0.2, -0.15) is 5.10 Å². The molecule has 1 aliphatic rings. The molecule has 0 unspecified atom stereocenters. The molecule has 1 aliphatic heterocycles. The second-order valence-corrected chi connectivity index (χ2v) is 3.75. The van der Waals surface area contributed by atoms with E-state index in [1.807, 2.05) is 40.1 Å². The third-order valence-corrected chi connectivity index (χ3v) is 2.07. The van der Waals surface area contributed by atoms with E-state index in [0.29, 0.717) is 5.92 Å². The highest BCUT2D eigenvalue weighted by Gasteiger charge is 1.96. The number of H-pyrrole nitrogens is 1. The van der Waals surface area contributed by atoms with Gasteiger partial charge in [-0.3, -0.25) is 5.10 Å². The van der Waals surface area contributed by atoms with Crippen molar-refractivity contribution < 1.29 is 4.74 Å². The Hall–Kier alpha value is -1.09. The first-order valence-electron chi connectivity index (χ1n) is 6.92. The van der Waals surface area contributed by atoms with Crippen LogP contribution in [0.3, 0.4) is 0 Å². The molecule has 1 aromatic heterocycles. The first-order valence-corrected chi connectivity index (χ1v) is 6.92. The van der Waals surface area contributed by atoms with Crippen LogP contribution in [0.2, 0.25) is 0 Å². The van der Waals surface area contributed by atoms with Crippen LogP contribution in [0.15, 0.2) is 24.0 Å². The van der Waals surface area contributed by atoms with E-state index in [4.69, 9.17) is 4.74 Å². The molecule has 0 saturated carbocycles. The number of nitrogens with one attached hydrogen (secondary N) is 1. The van der Waals surface area contributed by atoms with Gasteiger partial charge in [-0.25, -0.2) is 0 Å². The summed E-state index contributed by atoms with van der Waals surface area (Å²) in [5.74, 6) is 0.591. The van der Waals surface area contributed by atoms with E-state index in [2.05, 4.69) is 37.0 Å². The number of aromatic amines is 1. The molecule has 18 heavy (non-hydrogen) atoms. The number of hydrogen-bond acceptors (Lipinski definition) is 2. The van der Waals surface area contributed by atoms with Crippen LogP contribution in [-0.4, -0.2) is 23.4 Å². The van der Waals surface area contributed by atoms with Crippen molar-refractivity contribution >= 4 is 0 Å². The maximum atomic E-state index is 4.96. The molecule has 0 saturated heterocycles. The maximum Gasteiger partial charge on any atom is 0.0679 e. The van der Waals surface area contributed by atoms with E-state index < -0.39 is 0 Å². The van der Waals surface area contributed by atoms with Crippen LogP contribution in [0.5, 0.6) is 0 Å². The Labute approximate surface area is 113 Å². The van der Waals surface area contributed by atoms with Gasteiger partial charge in [0.1, 0.15) is 0 Å². The van der Waals surface area contributed by atoms with Gasteiger partial charge in [0.05, 0.1) is 19.4 Å².